The summed E-state index contributed by atoms with van der Waals surface area (Å²) in [6, 6.07) is 18.9. The Bertz CT molecular complexity index is 1360. The maximum atomic E-state index is 14.0. The van der Waals surface area contributed by atoms with Crippen molar-refractivity contribution in [3.63, 3.8) is 0 Å². The molecule has 0 saturated carbocycles. The summed E-state index contributed by atoms with van der Waals surface area (Å²) in [4.78, 5) is 39.6. The van der Waals surface area contributed by atoms with Crippen LogP contribution in [0.4, 0.5) is 5.69 Å². The number of anilines is 1. The number of imide groups is 1. The Morgan fingerprint density at radius 1 is 0.861 bits per heavy atom. The summed E-state index contributed by atoms with van der Waals surface area (Å²) in [6.45, 7) is 3.39. The van der Waals surface area contributed by atoms with Crippen LogP contribution in [0.1, 0.15) is 34.7 Å². The second-order valence-corrected chi connectivity index (χ2v) is 11.2. The summed E-state index contributed by atoms with van der Waals surface area (Å²) in [7, 11) is 0. The molecule has 182 valence electrons. The van der Waals surface area contributed by atoms with Crippen LogP contribution in [-0.4, -0.2) is 28.7 Å². The van der Waals surface area contributed by atoms with Crippen molar-refractivity contribution >= 4 is 58.2 Å². The van der Waals surface area contributed by atoms with E-state index in [9.17, 15) is 14.4 Å². The first-order valence-electron chi connectivity index (χ1n) is 11.6. The lowest BCUT2D eigenvalue weighted by Crippen LogP contribution is -2.57. The number of hydrogen-bond acceptors (Lipinski definition) is 3. The van der Waals surface area contributed by atoms with E-state index < -0.39 is 45.3 Å². The molecule has 3 amide bonds. The molecule has 3 aromatic rings. The Kier molecular flexibility index (Phi) is 5.11. The van der Waals surface area contributed by atoms with Crippen molar-refractivity contribution in [2.45, 2.75) is 29.6 Å². The van der Waals surface area contributed by atoms with Gasteiger partial charge in [0.2, 0.25) is 17.7 Å². The lowest BCUT2D eigenvalue weighted by Gasteiger charge is -2.54. The maximum absolute atomic E-state index is 14.0. The van der Waals surface area contributed by atoms with Crippen molar-refractivity contribution in [3.05, 3.63) is 99.6 Å². The highest BCUT2D eigenvalue weighted by Crippen LogP contribution is 2.69. The van der Waals surface area contributed by atoms with Crippen molar-refractivity contribution in [1.29, 1.82) is 0 Å². The summed E-state index contributed by atoms with van der Waals surface area (Å²) >= 11 is 21.0. The Morgan fingerprint density at radius 3 is 1.72 bits per heavy atom. The molecule has 36 heavy (non-hydrogen) atoms. The van der Waals surface area contributed by atoms with Crippen LogP contribution in [0, 0.1) is 18.8 Å². The van der Waals surface area contributed by atoms with E-state index in [-0.39, 0.29) is 0 Å². The first-order valence-corrected chi connectivity index (χ1v) is 12.8. The maximum Gasteiger partial charge on any atom is 0.247 e. The highest BCUT2D eigenvalue weighted by molar-refractivity contribution is 6.36. The van der Waals surface area contributed by atoms with Crippen molar-refractivity contribution in [3.8, 4) is 0 Å². The number of halogens is 3. The highest BCUT2D eigenvalue weighted by atomic mass is 35.5. The quantitative estimate of drug-likeness (QED) is 0.350. The van der Waals surface area contributed by atoms with E-state index >= 15 is 0 Å². The molecule has 7 rings (SSSR count). The summed E-state index contributed by atoms with van der Waals surface area (Å²) in [5.41, 5.74) is 4.21. The average Bonchev–Trinajstić information content (AvgIpc) is 3.15. The molecule has 2 bridgehead atoms. The molecule has 3 atom stereocenters. The SMILES string of the molecule is Cc1ccc(NC(=O)[C@H](C)N2C(=O)[C@@H]3[C@@H](C2=O)C2(Cl)c4ccccc4C3(Cl)c3ccccc32)cc1Cl. The van der Waals surface area contributed by atoms with Crippen molar-refractivity contribution in [2.75, 3.05) is 5.32 Å². The number of carbonyl (C=O) groups excluding carboxylic acids is 3. The molecule has 0 spiro atoms. The third-order valence-electron chi connectivity index (χ3n) is 7.83. The standard InChI is InChI=1S/C28H21Cl3N2O3/c1-14-11-12-16(13-21(14)29)32-24(34)15(2)33-25(35)22-23(26(33)36)28(31)18-8-4-3-7-17(18)27(22,30)19-9-5-6-10-20(19)28/h3-13,15,22-23H,1-2H3,(H,32,34)/t15-,22-,23-,27?,28?/m0/s1. The molecule has 1 heterocycles. The first kappa shape index (κ1) is 23.5. The fraction of sp³-hybridized carbons (Fsp3) is 0.250. The summed E-state index contributed by atoms with van der Waals surface area (Å²) in [5.74, 6) is -3.40. The summed E-state index contributed by atoms with van der Waals surface area (Å²) in [5, 5.41) is 3.27. The van der Waals surface area contributed by atoms with E-state index in [1.807, 2.05) is 55.5 Å². The van der Waals surface area contributed by atoms with Gasteiger partial charge in [-0.2, -0.15) is 0 Å². The lowest BCUT2D eigenvalue weighted by molar-refractivity contribution is -0.146. The first-order chi connectivity index (χ1) is 17.1. The molecule has 0 unspecified atom stereocenters. The Hall–Kier alpha value is -2.86. The van der Waals surface area contributed by atoms with Gasteiger partial charge in [0.25, 0.3) is 0 Å². The number of amides is 3. The molecular formula is C28H21Cl3N2O3. The van der Waals surface area contributed by atoms with Crippen LogP contribution < -0.4 is 5.32 Å². The smallest absolute Gasteiger partial charge is 0.247 e. The second-order valence-electron chi connectivity index (χ2n) is 9.65. The molecule has 3 aliphatic carbocycles. The van der Waals surface area contributed by atoms with Crippen molar-refractivity contribution in [1.82, 2.24) is 4.90 Å². The van der Waals surface area contributed by atoms with Crippen LogP contribution in [-0.2, 0) is 24.1 Å². The number of hydrogen-bond donors (Lipinski definition) is 1. The molecule has 4 aliphatic rings. The van der Waals surface area contributed by atoms with Gasteiger partial charge in [0, 0.05) is 10.7 Å². The highest BCUT2D eigenvalue weighted by Gasteiger charge is 2.73. The number of likely N-dealkylation sites (tertiary alicyclic amines) is 1. The second kappa shape index (κ2) is 7.82. The number of nitrogens with zero attached hydrogens (tertiary/aromatic N) is 1. The van der Waals surface area contributed by atoms with Gasteiger partial charge < -0.3 is 5.32 Å². The Balaban J connectivity index is 1.43. The van der Waals surface area contributed by atoms with E-state index in [1.165, 1.54) is 6.92 Å². The van der Waals surface area contributed by atoms with E-state index in [0.29, 0.717) is 10.7 Å². The van der Waals surface area contributed by atoms with Crippen LogP contribution in [0.15, 0.2) is 66.7 Å². The van der Waals surface area contributed by atoms with Gasteiger partial charge in [-0.1, -0.05) is 66.2 Å². The van der Waals surface area contributed by atoms with Crippen molar-refractivity contribution in [2.24, 2.45) is 11.8 Å². The molecule has 1 saturated heterocycles. The fourth-order valence-electron chi connectivity index (χ4n) is 6.10. The molecule has 1 fully saturated rings. The van der Waals surface area contributed by atoms with Gasteiger partial charge in [-0.3, -0.25) is 19.3 Å². The molecule has 0 aromatic heterocycles. The fourth-order valence-corrected chi connectivity index (χ4v) is 7.38. The van der Waals surface area contributed by atoms with E-state index in [0.717, 1.165) is 32.7 Å². The third kappa shape index (κ3) is 2.82. The van der Waals surface area contributed by atoms with E-state index in [1.54, 1.807) is 18.2 Å². The molecule has 0 radical (unpaired) electrons. The Labute approximate surface area is 223 Å². The topological polar surface area (TPSA) is 66.5 Å². The monoisotopic (exact) mass is 538 g/mol. The normalized spacial score (nSPS) is 28.4. The number of carbonyl (C=O) groups is 3. The van der Waals surface area contributed by atoms with Gasteiger partial charge >= 0.3 is 0 Å². The predicted molar refractivity (Wildman–Crippen MR) is 139 cm³/mol. The lowest BCUT2D eigenvalue weighted by atomic mass is 9.54. The number of rotatable bonds is 3. The van der Waals surface area contributed by atoms with Gasteiger partial charge in [-0.05, 0) is 53.8 Å². The molecule has 5 nitrogen and oxygen atoms in total. The number of benzene rings is 3. The van der Waals surface area contributed by atoms with E-state index in [4.69, 9.17) is 34.8 Å². The summed E-state index contributed by atoms with van der Waals surface area (Å²) in [6.07, 6.45) is 0. The van der Waals surface area contributed by atoms with Crippen LogP contribution in [0.25, 0.3) is 0 Å². The Morgan fingerprint density at radius 2 is 1.31 bits per heavy atom. The molecule has 3 aromatic carbocycles. The van der Waals surface area contributed by atoms with Gasteiger partial charge in [-0.15, -0.1) is 23.2 Å². The zero-order chi connectivity index (χ0) is 25.6. The van der Waals surface area contributed by atoms with Gasteiger partial charge in [0.05, 0.1) is 11.8 Å². The third-order valence-corrected chi connectivity index (χ3v) is 9.52. The van der Waals surface area contributed by atoms with E-state index in [2.05, 4.69) is 5.32 Å². The minimum Gasteiger partial charge on any atom is -0.324 e. The minimum atomic E-state index is -1.28. The zero-order valence-corrected chi connectivity index (χ0v) is 21.7. The minimum absolute atomic E-state index is 0.474. The van der Waals surface area contributed by atoms with Crippen LogP contribution in [0.5, 0.6) is 0 Å². The predicted octanol–water partition coefficient (Wildman–Crippen LogP) is 5.57. The number of nitrogens with one attached hydrogen (secondary N) is 1. The molecule has 1 N–H and O–H groups in total. The van der Waals surface area contributed by atoms with Crippen LogP contribution >= 0.6 is 34.8 Å². The van der Waals surface area contributed by atoms with Crippen LogP contribution in [0.2, 0.25) is 5.02 Å². The average molecular weight is 540 g/mol. The molecular weight excluding hydrogens is 519 g/mol. The molecule has 1 aliphatic heterocycles. The van der Waals surface area contributed by atoms with Gasteiger partial charge in [0.1, 0.15) is 15.8 Å². The summed E-state index contributed by atoms with van der Waals surface area (Å²) < 4.78 is 0. The number of aryl methyl sites for hydroxylation is 1. The van der Waals surface area contributed by atoms with Gasteiger partial charge in [-0.25, -0.2) is 0 Å². The van der Waals surface area contributed by atoms with Crippen LogP contribution in [0.3, 0.4) is 0 Å². The molecule has 8 heteroatoms. The number of alkyl halides is 2. The zero-order valence-electron chi connectivity index (χ0n) is 19.4. The van der Waals surface area contributed by atoms with Crippen molar-refractivity contribution < 1.29 is 14.4 Å². The largest absolute Gasteiger partial charge is 0.324 e. The van der Waals surface area contributed by atoms with Gasteiger partial charge in [0.15, 0.2) is 0 Å².